The number of hydrogen-bond donors (Lipinski definition) is 2. The van der Waals surface area contributed by atoms with Crippen molar-refractivity contribution in [3.05, 3.63) is 65.4 Å². The summed E-state index contributed by atoms with van der Waals surface area (Å²) in [5.74, 6) is -2.44. The summed E-state index contributed by atoms with van der Waals surface area (Å²) in [5.41, 5.74) is 4.17. The van der Waals surface area contributed by atoms with Gasteiger partial charge in [0, 0.05) is 19.0 Å². The standard InChI is InChI=1S/C22H18N4O6/c27-20(26-9-12(10-26)21(28)29)18-19(25-32-24-18)23-22(30)31-11-17-15-7-3-1-5-13(15)14-6-2-4-8-16(14)17/h1-8,12,17H,9-11H2,(H,28,29)(H,23,25,30). The second-order valence-electron chi connectivity index (χ2n) is 7.66. The fraction of sp³-hybridized carbons (Fsp3) is 0.227. The van der Waals surface area contributed by atoms with Crippen LogP contribution in [0.25, 0.3) is 11.1 Å². The van der Waals surface area contributed by atoms with E-state index in [1.807, 2.05) is 48.5 Å². The van der Waals surface area contributed by atoms with Gasteiger partial charge in [-0.05, 0) is 32.6 Å². The van der Waals surface area contributed by atoms with E-state index in [2.05, 4.69) is 20.3 Å². The SMILES string of the molecule is O=C(Nc1nonc1C(=O)N1CC(C(=O)O)C1)OCC1c2ccccc2-c2ccccc21. The molecule has 1 aliphatic heterocycles. The third kappa shape index (κ3) is 3.35. The molecule has 2 N–H and O–H groups in total. The van der Waals surface area contributed by atoms with Crippen LogP contribution in [0.1, 0.15) is 27.5 Å². The monoisotopic (exact) mass is 434 g/mol. The molecule has 2 amide bonds. The second-order valence-corrected chi connectivity index (χ2v) is 7.66. The average molecular weight is 434 g/mol. The highest BCUT2D eigenvalue weighted by molar-refractivity contribution is 6.00. The third-order valence-corrected chi connectivity index (χ3v) is 5.77. The molecule has 0 spiro atoms. The van der Waals surface area contributed by atoms with E-state index in [4.69, 9.17) is 9.84 Å². The molecule has 10 nitrogen and oxygen atoms in total. The highest BCUT2D eigenvalue weighted by Crippen LogP contribution is 2.44. The maximum Gasteiger partial charge on any atom is 0.412 e. The molecule has 162 valence electrons. The highest BCUT2D eigenvalue weighted by Gasteiger charge is 2.38. The van der Waals surface area contributed by atoms with Crippen LogP contribution in [0.15, 0.2) is 53.2 Å². The molecule has 10 heteroatoms. The van der Waals surface area contributed by atoms with Gasteiger partial charge in [-0.3, -0.25) is 14.9 Å². The summed E-state index contributed by atoms with van der Waals surface area (Å²) in [7, 11) is 0. The highest BCUT2D eigenvalue weighted by atomic mass is 16.6. The summed E-state index contributed by atoms with van der Waals surface area (Å²) < 4.78 is 10.0. The van der Waals surface area contributed by atoms with Crippen LogP contribution in [0.3, 0.4) is 0 Å². The Hall–Kier alpha value is -4.21. The molecule has 32 heavy (non-hydrogen) atoms. The first-order chi connectivity index (χ1) is 15.5. The Balaban J connectivity index is 1.24. The number of amides is 2. The lowest BCUT2D eigenvalue weighted by molar-refractivity contribution is -0.146. The number of fused-ring (bicyclic) bond motifs is 3. The maximum absolute atomic E-state index is 12.5. The summed E-state index contributed by atoms with van der Waals surface area (Å²) in [5, 5.41) is 18.4. The molecule has 0 bridgehead atoms. The number of likely N-dealkylation sites (tertiary alicyclic amines) is 1. The molecule has 1 aromatic heterocycles. The number of aromatic nitrogens is 2. The molecule has 2 heterocycles. The van der Waals surface area contributed by atoms with Crippen molar-refractivity contribution in [2.24, 2.45) is 5.92 Å². The number of carboxylic acids is 1. The van der Waals surface area contributed by atoms with E-state index in [1.54, 1.807) is 0 Å². The number of carboxylic acid groups (broad SMARTS) is 1. The Morgan fingerprint density at radius 3 is 2.28 bits per heavy atom. The number of hydrogen-bond acceptors (Lipinski definition) is 7. The van der Waals surface area contributed by atoms with Crippen LogP contribution in [0, 0.1) is 5.92 Å². The first-order valence-corrected chi connectivity index (χ1v) is 9.99. The predicted molar refractivity (Wildman–Crippen MR) is 110 cm³/mol. The lowest BCUT2D eigenvalue weighted by Gasteiger charge is -2.35. The van der Waals surface area contributed by atoms with Crippen LogP contribution in [0.5, 0.6) is 0 Å². The minimum Gasteiger partial charge on any atom is -0.481 e. The summed E-state index contributed by atoms with van der Waals surface area (Å²) in [6.45, 7) is 0.220. The van der Waals surface area contributed by atoms with Crippen LogP contribution in [-0.2, 0) is 9.53 Å². The quantitative estimate of drug-likeness (QED) is 0.626. The van der Waals surface area contributed by atoms with Crippen molar-refractivity contribution in [3.63, 3.8) is 0 Å². The molecule has 1 fully saturated rings. The zero-order valence-electron chi connectivity index (χ0n) is 16.7. The number of aliphatic carboxylic acids is 1. The van der Waals surface area contributed by atoms with Crippen LogP contribution >= 0.6 is 0 Å². The number of anilines is 1. The summed E-state index contributed by atoms with van der Waals surface area (Å²) in [4.78, 5) is 37.1. The lowest BCUT2D eigenvalue weighted by atomic mass is 9.98. The zero-order chi connectivity index (χ0) is 22.2. The van der Waals surface area contributed by atoms with Gasteiger partial charge in [0.25, 0.3) is 5.91 Å². The average Bonchev–Trinajstić information content (AvgIpc) is 3.33. The van der Waals surface area contributed by atoms with E-state index in [9.17, 15) is 14.4 Å². The Morgan fingerprint density at radius 1 is 1.03 bits per heavy atom. The minimum absolute atomic E-state index is 0.0609. The van der Waals surface area contributed by atoms with Crippen molar-refractivity contribution in [1.82, 2.24) is 15.2 Å². The molecular weight excluding hydrogens is 416 g/mol. The van der Waals surface area contributed by atoms with Gasteiger partial charge in [-0.1, -0.05) is 48.5 Å². The number of rotatable bonds is 5. The van der Waals surface area contributed by atoms with Gasteiger partial charge in [0.2, 0.25) is 11.5 Å². The summed E-state index contributed by atoms with van der Waals surface area (Å²) in [6, 6.07) is 15.9. The lowest BCUT2D eigenvalue weighted by Crippen LogP contribution is -2.53. The van der Waals surface area contributed by atoms with Crippen molar-refractivity contribution >= 4 is 23.8 Å². The number of carbonyl (C=O) groups excluding carboxylic acids is 2. The van der Waals surface area contributed by atoms with Gasteiger partial charge in [-0.2, -0.15) is 0 Å². The summed E-state index contributed by atoms with van der Waals surface area (Å²) >= 11 is 0. The van der Waals surface area contributed by atoms with E-state index in [-0.39, 0.29) is 37.1 Å². The second kappa shape index (κ2) is 7.80. The third-order valence-electron chi connectivity index (χ3n) is 5.77. The van der Waals surface area contributed by atoms with Crippen molar-refractivity contribution < 1.29 is 28.9 Å². The van der Waals surface area contributed by atoms with Gasteiger partial charge >= 0.3 is 12.1 Å². The Morgan fingerprint density at radius 2 is 1.66 bits per heavy atom. The molecular formula is C22H18N4O6. The Bertz CT molecular complexity index is 1170. The molecule has 2 aliphatic rings. The molecule has 1 aliphatic carbocycles. The summed E-state index contributed by atoms with van der Waals surface area (Å²) in [6.07, 6.45) is -0.802. The fourth-order valence-corrected chi connectivity index (χ4v) is 4.09. The molecule has 0 saturated carbocycles. The van der Waals surface area contributed by atoms with Crippen molar-refractivity contribution in [1.29, 1.82) is 0 Å². The number of carbonyl (C=O) groups is 3. The van der Waals surface area contributed by atoms with E-state index in [0.29, 0.717) is 0 Å². The minimum atomic E-state index is -0.968. The fourth-order valence-electron chi connectivity index (χ4n) is 4.09. The largest absolute Gasteiger partial charge is 0.481 e. The molecule has 0 unspecified atom stereocenters. The van der Waals surface area contributed by atoms with Crippen molar-refractivity contribution in [3.8, 4) is 11.1 Å². The predicted octanol–water partition coefficient (Wildman–Crippen LogP) is 2.59. The number of benzene rings is 2. The molecule has 0 atom stereocenters. The van der Waals surface area contributed by atoms with Gasteiger partial charge in [-0.25, -0.2) is 9.42 Å². The van der Waals surface area contributed by atoms with Crippen molar-refractivity contribution in [2.75, 3.05) is 25.0 Å². The number of ether oxygens (including phenoxy) is 1. The number of nitrogens with one attached hydrogen (secondary N) is 1. The number of nitrogens with zero attached hydrogens (tertiary/aromatic N) is 3. The Labute approximate surface area is 181 Å². The Kier molecular flexibility index (Phi) is 4.81. The first kappa shape index (κ1) is 19.7. The van der Waals surface area contributed by atoms with E-state index in [0.717, 1.165) is 22.3 Å². The van der Waals surface area contributed by atoms with E-state index >= 15 is 0 Å². The zero-order valence-corrected chi connectivity index (χ0v) is 16.7. The molecule has 1 saturated heterocycles. The van der Waals surface area contributed by atoms with Gasteiger partial charge in [0.1, 0.15) is 6.61 Å². The van der Waals surface area contributed by atoms with Gasteiger partial charge < -0.3 is 14.7 Å². The molecule has 2 aromatic carbocycles. The van der Waals surface area contributed by atoms with Crippen LogP contribution in [0.2, 0.25) is 0 Å². The molecule has 3 aromatic rings. The molecule has 0 radical (unpaired) electrons. The van der Waals surface area contributed by atoms with Gasteiger partial charge in [0.15, 0.2) is 0 Å². The van der Waals surface area contributed by atoms with Gasteiger partial charge in [0.05, 0.1) is 5.92 Å². The van der Waals surface area contributed by atoms with E-state index in [1.165, 1.54) is 4.90 Å². The topological polar surface area (TPSA) is 135 Å². The normalized spacial score (nSPS) is 14.9. The van der Waals surface area contributed by atoms with Crippen molar-refractivity contribution in [2.45, 2.75) is 5.92 Å². The van der Waals surface area contributed by atoms with Crippen LogP contribution in [0.4, 0.5) is 10.6 Å². The maximum atomic E-state index is 12.5. The van der Waals surface area contributed by atoms with Gasteiger partial charge in [-0.15, -0.1) is 0 Å². The van der Waals surface area contributed by atoms with E-state index < -0.39 is 23.9 Å². The van der Waals surface area contributed by atoms with Crippen LogP contribution < -0.4 is 5.32 Å². The van der Waals surface area contributed by atoms with Crippen LogP contribution in [-0.4, -0.2) is 58.0 Å². The smallest absolute Gasteiger partial charge is 0.412 e. The molecule has 5 rings (SSSR count). The first-order valence-electron chi connectivity index (χ1n) is 9.99.